The van der Waals surface area contributed by atoms with Crippen molar-refractivity contribution in [3.8, 4) is 17.3 Å². The summed E-state index contributed by atoms with van der Waals surface area (Å²) in [6.45, 7) is 0. The second kappa shape index (κ2) is 4.37. The van der Waals surface area contributed by atoms with Gasteiger partial charge in [0, 0.05) is 16.2 Å². The number of nitrogens with one attached hydrogen (secondary N) is 1. The van der Waals surface area contributed by atoms with Gasteiger partial charge in [0.15, 0.2) is 0 Å². The highest BCUT2D eigenvalue weighted by atomic mass is 79.9. The van der Waals surface area contributed by atoms with Crippen LogP contribution in [0.15, 0.2) is 44.3 Å². The van der Waals surface area contributed by atoms with Gasteiger partial charge < -0.3 is 9.51 Å². The van der Waals surface area contributed by atoms with Crippen molar-refractivity contribution in [3.63, 3.8) is 0 Å². The number of aromatic amines is 1. The Morgan fingerprint density at radius 2 is 2.05 bits per heavy atom. The van der Waals surface area contributed by atoms with E-state index in [0.717, 1.165) is 10.0 Å². The van der Waals surface area contributed by atoms with E-state index in [1.165, 1.54) is 6.20 Å². The van der Waals surface area contributed by atoms with Crippen LogP contribution < -0.4 is 5.43 Å². The van der Waals surface area contributed by atoms with Crippen LogP contribution >= 0.6 is 15.9 Å². The van der Waals surface area contributed by atoms with Crippen LogP contribution in [0.4, 0.5) is 0 Å². The summed E-state index contributed by atoms with van der Waals surface area (Å²) in [7, 11) is 0. The van der Waals surface area contributed by atoms with E-state index < -0.39 is 0 Å². The number of H-pyrrole nitrogens is 1. The van der Waals surface area contributed by atoms with Gasteiger partial charge in [0.2, 0.25) is 11.1 Å². The molecule has 3 rings (SSSR count). The number of fused-ring (bicyclic) bond motifs is 1. The number of nitriles is 1. The Kier molecular flexibility index (Phi) is 2.69. The van der Waals surface area contributed by atoms with E-state index in [9.17, 15) is 4.79 Å². The van der Waals surface area contributed by atoms with E-state index in [1.807, 2.05) is 30.3 Å². The van der Waals surface area contributed by atoms with E-state index in [2.05, 4.69) is 26.1 Å². The molecule has 2 aromatic heterocycles. The van der Waals surface area contributed by atoms with Gasteiger partial charge >= 0.3 is 0 Å². The third kappa shape index (κ3) is 1.84. The second-order valence-corrected chi connectivity index (χ2v) is 4.80. The third-order valence-corrected chi connectivity index (χ3v) is 3.28. The normalized spacial score (nSPS) is 10.5. The molecule has 0 aliphatic carbocycles. The van der Waals surface area contributed by atoms with Gasteiger partial charge in [-0.1, -0.05) is 33.2 Å². The highest BCUT2D eigenvalue weighted by Gasteiger charge is 2.16. The van der Waals surface area contributed by atoms with Crippen LogP contribution in [0, 0.1) is 11.3 Å². The predicted octanol–water partition coefficient (Wildman–Crippen LogP) is 2.82. The molecule has 1 N–H and O–H groups in total. The molecule has 0 bridgehead atoms. The maximum atomic E-state index is 12.1. The van der Waals surface area contributed by atoms with Crippen LogP contribution in [0.2, 0.25) is 0 Å². The fourth-order valence-corrected chi connectivity index (χ4v) is 2.09. The number of hydrogen-bond donors (Lipinski definition) is 1. The fourth-order valence-electron chi connectivity index (χ4n) is 1.83. The van der Waals surface area contributed by atoms with Crippen LogP contribution in [-0.4, -0.2) is 10.1 Å². The molecule has 0 amide bonds. The number of benzene rings is 1. The Balaban J connectivity index is 2.34. The highest BCUT2D eigenvalue weighted by molar-refractivity contribution is 9.10. The number of pyridine rings is 1. The number of halogens is 1. The standard InChI is InChI=1S/C13H6BrN3O2/c14-9-3-1-7(2-4-9)11-10-12(18)8(5-15)6-16-13(10)19-17-11/h1-4,6H,(H,16,18). The van der Waals surface area contributed by atoms with E-state index in [-0.39, 0.29) is 16.7 Å². The quantitative estimate of drug-likeness (QED) is 0.748. The minimum Gasteiger partial charge on any atom is -0.337 e. The lowest BCUT2D eigenvalue weighted by Gasteiger charge is -1.96. The zero-order valence-corrected chi connectivity index (χ0v) is 11.1. The van der Waals surface area contributed by atoms with Gasteiger partial charge in [-0.05, 0) is 12.1 Å². The maximum absolute atomic E-state index is 12.1. The fraction of sp³-hybridized carbons (Fsp3) is 0. The van der Waals surface area contributed by atoms with Crippen molar-refractivity contribution in [3.05, 3.63) is 50.7 Å². The van der Waals surface area contributed by atoms with Crippen molar-refractivity contribution in [2.24, 2.45) is 0 Å². The third-order valence-electron chi connectivity index (χ3n) is 2.75. The number of rotatable bonds is 1. The predicted molar refractivity (Wildman–Crippen MR) is 72.5 cm³/mol. The Morgan fingerprint density at radius 1 is 1.32 bits per heavy atom. The molecule has 0 aliphatic heterocycles. The van der Waals surface area contributed by atoms with E-state index >= 15 is 0 Å². The average Bonchev–Trinajstić information content (AvgIpc) is 2.85. The van der Waals surface area contributed by atoms with Crippen molar-refractivity contribution in [2.75, 3.05) is 0 Å². The molecule has 0 spiro atoms. The first-order chi connectivity index (χ1) is 9.20. The summed E-state index contributed by atoms with van der Waals surface area (Å²) >= 11 is 3.34. The molecular weight excluding hydrogens is 310 g/mol. The summed E-state index contributed by atoms with van der Waals surface area (Å²) in [6, 6.07) is 9.17. The maximum Gasteiger partial charge on any atom is 0.240 e. The van der Waals surface area contributed by atoms with Gasteiger partial charge in [-0.15, -0.1) is 0 Å². The molecule has 3 aromatic rings. The first-order valence-corrected chi connectivity index (χ1v) is 6.17. The summed E-state index contributed by atoms with van der Waals surface area (Å²) in [5.41, 5.74) is 1.11. The first-order valence-electron chi connectivity index (χ1n) is 5.38. The molecule has 0 fully saturated rings. The second-order valence-electron chi connectivity index (χ2n) is 3.89. The van der Waals surface area contributed by atoms with Crippen LogP contribution in [-0.2, 0) is 0 Å². The minimum absolute atomic E-state index is 0.0362. The van der Waals surface area contributed by atoms with Crippen LogP contribution in [0.1, 0.15) is 5.56 Å². The molecule has 6 heteroatoms. The molecule has 0 radical (unpaired) electrons. The summed E-state index contributed by atoms with van der Waals surface area (Å²) in [4.78, 5) is 14.9. The van der Waals surface area contributed by atoms with Gasteiger partial charge in [-0.25, -0.2) is 0 Å². The lowest BCUT2D eigenvalue weighted by molar-refractivity contribution is 0.451. The smallest absolute Gasteiger partial charge is 0.240 e. The molecule has 0 atom stereocenters. The molecule has 0 saturated heterocycles. The zero-order valence-electron chi connectivity index (χ0n) is 9.48. The first kappa shape index (κ1) is 11.7. The van der Waals surface area contributed by atoms with Gasteiger partial charge in [-0.3, -0.25) is 4.79 Å². The van der Waals surface area contributed by atoms with Gasteiger partial charge in [0.1, 0.15) is 22.7 Å². The van der Waals surface area contributed by atoms with Crippen molar-refractivity contribution >= 4 is 27.0 Å². The van der Waals surface area contributed by atoms with E-state index in [4.69, 9.17) is 9.78 Å². The minimum atomic E-state index is -0.379. The highest BCUT2D eigenvalue weighted by Crippen LogP contribution is 2.25. The lowest BCUT2D eigenvalue weighted by atomic mass is 10.1. The van der Waals surface area contributed by atoms with Crippen molar-refractivity contribution in [1.82, 2.24) is 10.1 Å². The summed E-state index contributed by atoms with van der Waals surface area (Å²) in [5.74, 6) is 0. The van der Waals surface area contributed by atoms with E-state index in [1.54, 1.807) is 0 Å². The molecule has 19 heavy (non-hydrogen) atoms. The Labute approximate surface area is 115 Å². The molecule has 1 aromatic carbocycles. The Bertz CT molecular complexity index is 856. The molecule has 2 heterocycles. The number of hydrogen-bond acceptors (Lipinski definition) is 4. The topological polar surface area (TPSA) is 82.7 Å². The summed E-state index contributed by atoms with van der Waals surface area (Å²) < 4.78 is 6.01. The lowest BCUT2D eigenvalue weighted by Crippen LogP contribution is -2.06. The number of nitrogens with zero attached hydrogens (tertiary/aromatic N) is 2. The average molecular weight is 316 g/mol. The largest absolute Gasteiger partial charge is 0.337 e. The summed E-state index contributed by atoms with van der Waals surface area (Å²) in [5, 5.41) is 13.1. The Morgan fingerprint density at radius 3 is 2.74 bits per heavy atom. The van der Waals surface area contributed by atoms with Gasteiger partial charge in [0.05, 0.1) is 0 Å². The molecule has 92 valence electrons. The zero-order chi connectivity index (χ0) is 13.4. The monoisotopic (exact) mass is 315 g/mol. The van der Waals surface area contributed by atoms with Crippen molar-refractivity contribution in [1.29, 1.82) is 5.26 Å². The van der Waals surface area contributed by atoms with Gasteiger partial charge in [-0.2, -0.15) is 5.26 Å². The van der Waals surface area contributed by atoms with Crippen LogP contribution in [0.5, 0.6) is 0 Å². The van der Waals surface area contributed by atoms with Crippen LogP contribution in [0.3, 0.4) is 0 Å². The van der Waals surface area contributed by atoms with E-state index in [0.29, 0.717) is 11.1 Å². The molecule has 0 saturated carbocycles. The SMILES string of the molecule is N#Cc1c[nH]c2onc(-c3ccc(Br)cc3)c2c1=O. The Hall–Kier alpha value is -2.39. The van der Waals surface area contributed by atoms with Crippen LogP contribution in [0.25, 0.3) is 22.4 Å². The number of aromatic nitrogens is 2. The van der Waals surface area contributed by atoms with Gasteiger partial charge in [0.25, 0.3) is 0 Å². The molecule has 0 aliphatic rings. The van der Waals surface area contributed by atoms with Crippen molar-refractivity contribution in [2.45, 2.75) is 0 Å². The molecule has 5 nitrogen and oxygen atoms in total. The molecule has 0 unspecified atom stereocenters. The summed E-state index contributed by atoms with van der Waals surface area (Å²) in [6.07, 6.45) is 1.32. The van der Waals surface area contributed by atoms with Crippen molar-refractivity contribution < 1.29 is 4.52 Å². The molecular formula is C13H6BrN3O2.